The van der Waals surface area contributed by atoms with Crippen LogP contribution < -0.4 is 21.9 Å². The van der Waals surface area contributed by atoms with E-state index in [0.29, 0.717) is 12.1 Å². The van der Waals surface area contributed by atoms with Crippen LogP contribution in [0.1, 0.15) is 0 Å². The molecule has 0 amide bonds. The van der Waals surface area contributed by atoms with Crippen molar-refractivity contribution in [1.29, 1.82) is 0 Å². The first-order valence-electron chi connectivity index (χ1n) is 9.40. The molecular formula is C24H14BF6-. The van der Waals surface area contributed by atoms with Crippen LogP contribution >= 0.6 is 0 Å². The predicted molar refractivity (Wildman–Crippen MR) is 110 cm³/mol. The molecule has 0 aromatic heterocycles. The van der Waals surface area contributed by atoms with Gasteiger partial charge in [-0.05, 0) is 12.1 Å². The highest BCUT2D eigenvalue weighted by atomic mass is 19.2. The standard InChI is InChI=1S/C24H14BF6/c26-19-5-1-3-15(7-19)25(16-4-2-6-20(27)8-16,17-9-21(28)13-22(29)10-17)18-11-23(30)14-24(31)12-18/h1-14H/q-1. The quantitative estimate of drug-likeness (QED) is 0.343. The molecular weight excluding hydrogens is 413 g/mol. The van der Waals surface area contributed by atoms with Crippen molar-refractivity contribution in [3.05, 3.63) is 120 Å². The van der Waals surface area contributed by atoms with Crippen molar-refractivity contribution in [1.82, 2.24) is 0 Å². The molecule has 156 valence electrons. The summed E-state index contributed by atoms with van der Waals surface area (Å²) in [6, 6.07) is 15.5. The maximum Gasteiger partial charge on any atom is 0.123 e. The Hall–Kier alpha value is -3.48. The average molecular weight is 427 g/mol. The van der Waals surface area contributed by atoms with Gasteiger partial charge in [-0.2, -0.15) is 21.9 Å². The van der Waals surface area contributed by atoms with Crippen LogP contribution in [0.2, 0.25) is 0 Å². The molecule has 7 heteroatoms. The Kier molecular flexibility index (Phi) is 5.35. The summed E-state index contributed by atoms with van der Waals surface area (Å²) in [5.41, 5.74) is 0.276. The van der Waals surface area contributed by atoms with Gasteiger partial charge in [0.1, 0.15) is 41.0 Å². The third-order valence-corrected chi connectivity index (χ3v) is 5.47. The van der Waals surface area contributed by atoms with E-state index in [4.69, 9.17) is 0 Å². The molecule has 0 atom stereocenters. The Balaban J connectivity index is 2.23. The first-order valence-corrected chi connectivity index (χ1v) is 9.40. The molecule has 0 unspecified atom stereocenters. The lowest BCUT2D eigenvalue weighted by Crippen LogP contribution is -2.75. The van der Waals surface area contributed by atoms with Crippen molar-refractivity contribution in [3.8, 4) is 0 Å². The molecule has 0 heterocycles. The van der Waals surface area contributed by atoms with Crippen LogP contribution in [0.15, 0.2) is 84.9 Å². The Morgan fingerprint density at radius 3 is 1.00 bits per heavy atom. The lowest BCUT2D eigenvalue weighted by Gasteiger charge is -2.44. The van der Waals surface area contributed by atoms with Gasteiger partial charge in [-0.15, -0.1) is 0 Å². The van der Waals surface area contributed by atoms with Gasteiger partial charge in [0, 0.05) is 12.1 Å². The molecule has 0 spiro atoms. The highest BCUT2D eigenvalue weighted by Crippen LogP contribution is 2.15. The van der Waals surface area contributed by atoms with Gasteiger partial charge in [-0.1, -0.05) is 60.7 Å². The largest absolute Gasteiger partial charge is 0.207 e. The zero-order valence-electron chi connectivity index (χ0n) is 15.9. The Morgan fingerprint density at radius 2 is 0.677 bits per heavy atom. The summed E-state index contributed by atoms with van der Waals surface area (Å²) in [5, 5.41) is 0. The molecule has 0 saturated carbocycles. The minimum Gasteiger partial charge on any atom is -0.207 e. The molecule has 0 nitrogen and oxygen atoms in total. The maximum atomic E-state index is 14.3. The smallest absolute Gasteiger partial charge is 0.123 e. The first-order chi connectivity index (χ1) is 14.8. The molecule has 4 aromatic carbocycles. The second-order valence-corrected chi connectivity index (χ2v) is 7.38. The van der Waals surface area contributed by atoms with Gasteiger partial charge >= 0.3 is 0 Å². The predicted octanol–water partition coefficient (Wildman–Crippen LogP) is 3.90. The van der Waals surface area contributed by atoms with Crippen LogP contribution in [0.3, 0.4) is 0 Å². The minimum absolute atomic E-state index is 0.0290. The second-order valence-electron chi connectivity index (χ2n) is 7.38. The van der Waals surface area contributed by atoms with Crippen LogP contribution in [-0.2, 0) is 0 Å². The molecule has 0 saturated heterocycles. The molecule has 0 aliphatic rings. The number of halogens is 6. The summed E-state index contributed by atoms with van der Waals surface area (Å²) in [7, 11) is 0. The number of hydrogen-bond acceptors (Lipinski definition) is 0. The Morgan fingerprint density at radius 1 is 0.355 bits per heavy atom. The van der Waals surface area contributed by atoms with Crippen molar-refractivity contribution in [3.63, 3.8) is 0 Å². The summed E-state index contributed by atoms with van der Waals surface area (Å²) >= 11 is 0. The van der Waals surface area contributed by atoms with Gasteiger partial charge in [0.25, 0.3) is 0 Å². The summed E-state index contributed by atoms with van der Waals surface area (Å²) in [4.78, 5) is 0. The zero-order valence-corrected chi connectivity index (χ0v) is 15.9. The van der Waals surface area contributed by atoms with E-state index in [1.54, 1.807) is 0 Å². The Bertz CT molecular complexity index is 1130. The first kappa shape index (κ1) is 20.8. The van der Waals surface area contributed by atoms with E-state index in [9.17, 15) is 26.3 Å². The molecule has 0 fully saturated rings. The van der Waals surface area contributed by atoms with Gasteiger partial charge in [0.05, 0.1) is 0 Å². The third-order valence-electron chi connectivity index (χ3n) is 5.47. The zero-order chi connectivity index (χ0) is 22.2. The lowest BCUT2D eigenvalue weighted by atomic mass is 9.13. The van der Waals surface area contributed by atoms with Crippen LogP contribution in [0.4, 0.5) is 26.3 Å². The van der Waals surface area contributed by atoms with E-state index >= 15 is 0 Å². The van der Waals surface area contributed by atoms with E-state index in [1.165, 1.54) is 24.3 Å². The van der Waals surface area contributed by atoms with E-state index in [2.05, 4.69) is 0 Å². The van der Waals surface area contributed by atoms with E-state index in [0.717, 1.165) is 48.5 Å². The molecule has 0 aliphatic heterocycles. The molecule has 0 radical (unpaired) electrons. The highest BCUT2D eigenvalue weighted by molar-refractivity contribution is 7.19. The van der Waals surface area contributed by atoms with E-state index in [1.807, 2.05) is 0 Å². The monoisotopic (exact) mass is 427 g/mol. The normalized spacial score (nSPS) is 11.5. The summed E-state index contributed by atoms with van der Waals surface area (Å²) < 4.78 is 85.7. The minimum atomic E-state index is -2.77. The van der Waals surface area contributed by atoms with Crippen molar-refractivity contribution in [2.45, 2.75) is 0 Å². The van der Waals surface area contributed by atoms with Crippen LogP contribution in [-0.4, -0.2) is 6.15 Å². The fraction of sp³-hybridized carbons (Fsp3) is 0. The number of hydrogen-bond donors (Lipinski definition) is 0. The van der Waals surface area contributed by atoms with Gasteiger partial charge < -0.3 is 0 Å². The van der Waals surface area contributed by atoms with Crippen LogP contribution in [0, 0.1) is 34.9 Å². The Labute approximate surface area is 174 Å². The molecule has 4 rings (SSSR count). The fourth-order valence-corrected chi connectivity index (χ4v) is 4.36. The topological polar surface area (TPSA) is 0 Å². The summed E-state index contributed by atoms with van der Waals surface area (Å²) in [5.74, 6) is -5.10. The van der Waals surface area contributed by atoms with Crippen molar-refractivity contribution in [2.24, 2.45) is 0 Å². The van der Waals surface area contributed by atoms with Crippen LogP contribution in [0.5, 0.6) is 0 Å². The second kappa shape index (κ2) is 7.98. The summed E-state index contributed by atoms with van der Waals surface area (Å²) in [6.45, 7) is 0. The van der Waals surface area contributed by atoms with Crippen molar-refractivity contribution < 1.29 is 26.3 Å². The van der Waals surface area contributed by atoms with Gasteiger partial charge in [-0.25, -0.2) is 26.3 Å². The van der Waals surface area contributed by atoms with Gasteiger partial charge in [0.15, 0.2) is 0 Å². The van der Waals surface area contributed by atoms with Gasteiger partial charge in [-0.3, -0.25) is 0 Å². The molecule has 0 aliphatic carbocycles. The van der Waals surface area contributed by atoms with Crippen LogP contribution in [0.25, 0.3) is 0 Å². The number of benzene rings is 4. The molecule has 4 aromatic rings. The van der Waals surface area contributed by atoms with E-state index < -0.39 is 41.0 Å². The highest BCUT2D eigenvalue weighted by Gasteiger charge is 2.34. The molecule has 0 bridgehead atoms. The lowest BCUT2D eigenvalue weighted by molar-refractivity contribution is 0.585. The van der Waals surface area contributed by atoms with Gasteiger partial charge in [0.2, 0.25) is 0 Å². The van der Waals surface area contributed by atoms with Crippen molar-refractivity contribution in [2.75, 3.05) is 0 Å². The fourth-order valence-electron chi connectivity index (χ4n) is 4.36. The average Bonchev–Trinajstić information content (AvgIpc) is 2.67. The SMILES string of the molecule is Fc1cccc([B-](c2cccc(F)c2)(c2cc(F)cc(F)c2)c2cc(F)cc(F)c2)c1. The van der Waals surface area contributed by atoms with Crippen molar-refractivity contribution >= 4 is 28.0 Å². The number of rotatable bonds is 4. The third kappa shape index (κ3) is 3.83. The molecule has 0 N–H and O–H groups in total. The summed E-state index contributed by atoms with van der Waals surface area (Å²) in [6.07, 6.45) is -2.77. The van der Waals surface area contributed by atoms with E-state index in [-0.39, 0.29) is 21.9 Å². The molecule has 31 heavy (non-hydrogen) atoms. The maximum absolute atomic E-state index is 14.3.